The van der Waals surface area contributed by atoms with Crippen molar-refractivity contribution < 1.29 is 38.9 Å². The number of rotatable bonds is 34. The van der Waals surface area contributed by atoms with Gasteiger partial charge >= 0.3 is 0 Å². The van der Waals surface area contributed by atoms with Crippen molar-refractivity contribution in [1.82, 2.24) is 0 Å². The van der Waals surface area contributed by atoms with Gasteiger partial charge in [-0.05, 0) is 25.7 Å². The summed E-state index contributed by atoms with van der Waals surface area (Å²) < 4.78 is 1.91. The Morgan fingerprint density at radius 1 is 0.341 bits per heavy atom. The molecule has 0 amide bonds. The molecule has 0 fully saturated rings. The van der Waals surface area contributed by atoms with E-state index in [2.05, 4.69) is 42.0 Å². The Labute approximate surface area is 292 Å². The fourth-order valence-corrected chi connectivity index (χ4v) is 6.85. The Bertz CT molecular complexity index is 498. The summed E-state index contributed by atoms with van der Waals surface area (Å²) in [6.45, 7) is 8.77. The van der Waals surface area contributed by atoms with Crippen LogP contribution in [0.5, 0.6) is 0 Å². The van der Waals surface area contributed by atoms with E-state index in [1.807, 2.05) is 0 Å². The maximum Gasteiger partial charge on any atom is 0.152 e. The van der Waals surface area contributed by atoms with E-state index in [0.29, 0.717) is 0 Å². The Morgan fingerprint density at radius 2 is 0.523 bits per heavy atom. The molecule has 0 bridgehead atoms. The van der Waals surface area contributed by atoms with Gasteiger partial charge in [-0.3, -0.25) is 0 Å². The molecular weight excluding hydrogens is 583 g/mol. The van der Waals surface area contributed by atoms with Gasteiger partial charge in [0.05, 0.1) is 41.3 Å². The summed E-state index contributed by atoms with van der Waals surface area (Å²) in [4.78, 5) is 0. The van der Waals surface area contributed by atoms with E-state index < -0.39 is 0 Å². The van der Waals surface area contributed by atoms with Crippen LogP contribution >= 0.6 is 0 Å². The van der Waals surface area contributed by atoms with Crippen molar-refractivity contribution in [3.63, 3.8) is 0 Å². The van der Waals surface area contributed by atoms with E-state index in [1.165, 1.54) is 193 Å². The molecule has 0 saturated carbocycles. The van der Waals surface area contributed by atoms with Crippen molar-refractivity contribution in [3.8, 4) is 0 Å². The first-order valence-electron chi connectivity index (χ1n) is 19.5. The van der Waals surface area contributed by atoms with Crippen molar-refractivity contribution in [2.75, 3.05) is 54.4 Å². The minimum atomic E-state index is -0.201. The van der Waals surface area contributed by atoms with Gasteiger partial charge in [-0.15, -0.1) is 0 Å². The monoisotopic (exact) mass is 667 g/mol. The Kier molecular flexibility index (Phi) is 38.6. The van der Waals surface area contributed by atoms with Gasteiger partial charge in [-0.1, -0.05) is 168 Å². The van der Waals surface area contributed by atoms with Crippen LogP contribution in [-0.4, -0.2) is 74.5 Å². The number of unbranched alkanes of at least 4 members (excludes halogenated alkanes) is 26. The maximum atomic E-state index is 10.9. The molecule has 0 aromatic heterocycles. The molecule has 44 heavy (non-hydrogen) atoms. The normalized spacial score (nSPS) is 12.0. The average Bonchev–Trinajstić information content (AvgIpc) is 2.92. The zero-order valence-corrected chi connectivity index (χ0v) is 32.8. The van der Waals surface area contributed by atoms with Crippen LogP contribution in [0.15, 0.2) is 0 Å². The van der Waals surface area contributed by atoms with Gasteiger partial charge in [0.15, 0.2) is 6.10 Å². The molecule has 0 aliphatic heterocycles. The Hall–Kier alpha value is 0.460. The highest BCUT2D eigenvalue weighted by Gasteiger charge is 2.26. The molecule has 0 radical (unpaired) electrons. The number of quaternary nitrogens is 2. The summed E-state index contributed by atoms with van der Waals surface area (Å²) in [5.41, 5.74) is 0. The summed E-state index contributed by atoms with van der Waals surface area (Å²) in [5.74, 6) is 0. The second-order valence-electron chi connectivity index (χ2n) is 15.5. The van der Waals surface area contributed by atoms with Gasteiger partial charge < -0.3 is 38.9 Å². The lowest BCUT2D eigenvalue weighted by atomic mass is 10.0. The highest BCUT2D eigenvalue weighted by Crippen LogP contribution is 2.16. The van der Waals surface area contributed by atoms with Crippen LogP contribution in [0.2, 0.25) is 0 Å². The molecule has 0 saturated heterocycles. The predicted octanol–water partition coefficient (Wildman–Crippen LogP) is 5.47. The third kappa shape index (κ3) is 36.9. The first-order chi connectivity index (χ1) is 20.2. The van der Waals surface area contributed by atoms with Gasteiger partial charge in [0.1, 0.15) is 13.1 Å². The number of nitrogens with zero attached hydrogens (tertiary/aromatic N) is 2. The minimum Gasteiger partial charge on any atom is -1.00 e. The van der Waals surface area contributed by atoms with E-state index in [1.54, 1.807) is 0 Å². The number of hydrogen-bond donors (Lipinski definition) is 1. The highest BCUT2D eigenvalue weighted by molar-refractivity contribution is 4.56. The standard InChI is InChI=1S/C39H84N2O.2ClH/c1-7-9-11-13-15-17-19-21-23-25-27-29-31-33-35-40(3,4)37-39(42)38-41(5,6)36-34-32-30-28-26-24-22-20-18-16-14-12-10-8-2;;/h39,42H,7-38H2,1-6H3;2*1H/q+2;;/p-2. The van der Waals surface area contributed by atoms with Crippen molar-refractivity contribution in [3.05, 3.63) is 0 Å². The molecule has 0 aliphatic rings. The molecule has 0 aromatic rings. The lowest BCUT2D eigenvalue weighted by Crippen LogP contribution is -3.00. The van der Waals surface area contributed by atoms with Crippen LogP contribution in [0.4, 0.5) is 0 Å². The molecule has 0 aliphatic carbocycles. The minimum absolute atomic E-state index is 0. The van der Waals surface area contributed by atoms with Crippen molar-refractivity contribution in [2.45, 2.75) is 200 Å². The quantitative estimate of drug-likeness (QED) is 0.0714. The average molecular weight is 668 g/mol. The van der Waals surface area contributed by atoms with Crippen LogP contribution in [-0.2, 0) is 0 Å². The topological polar surface area (TPSA) is 20.2 Å². The molecule has 0 unspecified atom stereocenters. The zero-order chi connectivity index (χ0) is 31.2. The molecule has 3 nitrogen and oxygen atoms in total. The summed E-state index contributed by atoms with van der Waals surface area (Å²) in [6.07, 6.45) is 39.5. The molecule has 5 heteroatoms. The number of aliphatic hydroxyl groups excluding tert-OH is 1. The number of aliphatic hydroxyl groups is 1. The summed E-state index contributed by atoms with van der Waals surface area (Å²) in [7, 11) is 9.27. The number of hydrogen-bond acceptors (Lipinski definition) is 1. The summed E-state index contributed by atoms with van der Waals surface area (Å²) >= 11 is 0. The van der Waals surface area contributed by atoms with Gasteiger partial charge in [0, 0.05) is 0 Å². The van der Waals surface area contributed by atoms with Gasteiger partial charge in [0.2, 0.25) is 0 Å². The molecule has 0 atom stereocenters. The molecule has 270 valence electrons. The predicted molar refractivity (Wildman–Crippen MR) is 190 cm³/mol. The SMILES string of the molecule is CCCCCCCCCCCCCCCC[N+](C)(C)CC(O)C[N+](C)(C)CCCCCCCCCCCCCCCC.[Cl-].[Cl-]. The zero-order valence-electron chi connectivity index (χ0n) is 31.3. The van der Waals surface area contributed by atoms with Gasteiger partial charge in [-0.25, -0.2) is 0 Å². The highest BCUT2D eigenvalue weighted by atomic mass is 35.5. The molecule has 0 heterocycles. The van der Waals surface area contributed by atoms with Crippen LogP contribution in [0.25, 0.3) is 0 Å². The van der Waals surface area contributed by atoms with Crippen LogP contribution in [0, 0.1) is 0 Å². The second kappa shape index (κ2) is 34.8. The van der Waals surface area contributed by atoms with E-state index in [4.69, 9.17) is 0 Å². The smallest absolute Gasteiger partial charge is 0.152 e. The number of halogens is 2. The Balaban J connectivity index is -0.00000840. The van der Waals surface area contributed by atoms with E-state index in [0.717, 1.165) is 22.1 Å². The summed E-state index contributed by atoms with van der Waals surface area (Å²) in [6, 6.07) is 0. The van der Waals surface area contributed by atoms with Crippen molar-refractivity contribution >= 4 is 0 Å². The first-order valence-corrected chi connectivity index (χ1v) is 19.5. The van der Waals surface area contributed by atoms with E-state index in [-0.39, 0.29) is 30.9 Å². The molecule has 0 rings (SSSR count). The second-order valence-corrected chi connectivity index (χ2v) is 15.5. The third-order valence-corrected chi connectivity index (χ3v) is 9.64. The molecular formula is C39H84Cl2N2O. The molecule has 0 aromatic carbocycles. The van der Waals surface area contributed by atoms with Crippen LogP contribution in [0.3, 0.4) is 0 Å². The Morgan fingerprint density at radius 3 is 0.727 bits per heavy atom. The fourth-order valence-electron chi connectivity index (χ4n) is 6.85. The lowest BCUT2D eigenvalue weighted by Gasteiger charge is -2.36. The van der Waals surface area contributed by atoms with Crippen LogP contribution < -0.4 is 24.8 Å². The fraction of sp³-hybridized carbons (Fsp3) is 1.00. The van der Waals surface area contributed by atoms with Crippen LogP contribution in [0.1, 0.15) is 194 Å². The van der Waals surface area contributed by atoms with Crippen molar-refractivity contribution in [2.24, 2.45) is 0 Å². The largest absolute Gasteiger partial charge is 1.00 e. The van der Waals surface area contributed by atoms with E-state index in [9.17, 15) is 5.11 Å². The van der Waals surface area contributed by atoms with Gasteiger partial charge in [0.25, 0.3) is 0 Å². The number of likely N-dealkylation sites (N-methyl/N-ethyl adjacent to an activating group) is 2. The van der Waals surface area contributed by atoms with Crippen molar-refractivity contribution in [1.29, 1.82) is 0 Å². The first kappa shape index (κ1) is 48.9. The maximum absolute atomic E-state index is 10.9. The summed E-state index contributed by atoms with van der Waals surface area (Å²) in [5, 5.41) is 10.9. The lowest BCUT2D eigenvalue weighted by molar-refractivity contribution is -0.914. The van der Waals surface area contributed by atoms with E-state index >= 15 is 0 Å². The molecule has 0 spiro atoms. The molecule has 1 N–H and O–H groups in total. The third-order valence-electron chi connectivity index (χ3n) is 9.64. The van der Waals surface area contributed by atoms with Gasteiger partial charge in [-0.2, -0.15) is 0 Å².